The van der Waals surface area contributed by atoms with E-state index < -0.39 is 0 Å². The smallest absolute Gasteiger partial charge is 0.0593 e. The fourth-order valence-corrected chi connectivity index (χ4v) is 2.91. The van der Waals surface area contributed by atoms with E-state index in [2.05, 4.69) is 31.0 Å². The molecule has 106 valence electrons. The lowest BCUT2D eigenvalue weighted by molar-refractivity contribution is 0.0414. The van der Waals surface area contributed by atoms with Crippen LogP contribution in [0.3, 0.4) is 0 Å². The molecule has 3 heteroatoms. The van der Waals surface area contributed by atoms with Crippen LogP contribution in [0.15, 0.2) is 0 Å². The highest BCUT2D eigenvalue weighted by molar-refractivity contribution is 4.98. The summed E-state index contributed by atoms with van der Waals surface area (Å²) in [6.45, 7) is 12.1. The summed E-state index contributed by atoms with van der Waals surface area (Å²) in [5.74, 6) is 0.948. The zero-order valence-electron chi connectivity index (χ0n) is 12.4. The van der Waals surface area contributed by atoms with Crippen molar-refractivity contribution in [3.05, 3.63) is 0 Å². The third-order valence-corrected chi connectivity index (χ3v) is 4.19. The Morgan fingerprint density at radius 1 is 1.28 bits per heavy atom. The predicted octanol–water partition coefficient (Wildman–Crippen LogP) is 2.27. The van der Waals surface area contributed by atoms with Crippen LogP contribution < -0.4 is 5.32 Å². The Kier molecular flexibility index (Phi) is 5.05. The van der Waals surface area contributed by atoms with Crippen molar-refractivity contribution in [1.29, 1.82) is 0 Å². The maximum Gasteiger partial charge on any atom is 0.0593 e. The normalized spacial score (nSPS) is 28.5. The van der Waals surface area contributed by atoms with E-state index in [1.807, 2.05) is 0 Å². The number of hydrogen-bond acceptors (Lipinski definition) is 3. The molecule has 3 nitrogen and oxygen atoms in total. The SMILES string of the molecule is CCCCOCCN1CC(C)(C)NCC1C1CC1. The Morgan fingerprint density at radius 2 is 2.06 bits per heavy atom. The number of hydrogen-bond donors (Lipinski definition) is 1. The Hall–Kier alpha value is -0.120. The minimum atomic E-state index is 0.259. The quantitative estimate of drug-likeness (QED) is 0.705. The monoisotopic (exact) mass is 254 g/mol. The van der Waals surface area contributed by atoms with Crippen LogP contribution in [0.4, 0.5) is 0 Å². The van der Waals surface area contributed by atoms with Gasteiger partial charge in [0.1, 0.15) is 0 Å². The summed E-state index contributed by atoms with van der Waals surface area (Å²) in [6.07, 6.45) is 5.28. The van der Waals surface area contributed by atoms with Gasteiger partial charge in [0.2, 0.25) is 0 Å². The number of unbranched alkanes of at least 4 members (excludes halogenated alkanes) is 1. The van der Waals surface area contributed by atoms with E-state index in [9.17, 15) is 0 Å². The van der Waals surface area contributed by atoms with Crippen molar-refractivity contribution < 1.29 is 4.74 Å². The minimum absolute atomic E-state index is 0.259. The molecule has 0 spiro atoms. The highest BCUT2D eigenvalue weighted by atomic mass is 16.5. The van der Waals surface area contributed by atoms with Crippen LogP contribution in [0.5, 0.6) is 0 Å². The first kappa shape index (κ1) is 14.3. The van der Waals surface area contributed by atoms with Gasteiger partial charge in [-0.15, -0.1) is 0 Å². The van der Waals surface area contributed by atoms with E-state index in [0.717, 1.165) is 44.8 Å². The van der Waals surface area contributed by atoms with Gasteiger partial charge >= 0.3 is 0 Å². The fourth-order valence-electron chi connectivity index (χ4n) is 2.91. The van der Waals surface area contributed by atoms with Crippen LogP contribution in [0.1, 0.15) is 46.5 Å². The molecular formula is C15H30N2O. The molecule has 1 aliphatic heterocycles. The topological polar surface area (TPSA) is 24.5 Å². The average Bonchev–Trinajstić information content (AvgIpc) is 3.12. The van der Waals surface area contributed by atoms with Gasteiger partial charge in [0.15, 0.2) is 0 Å². The molecule has 18 heavy (non-hydrogen) atoms. The van der Waals surface area contributed by atoms with Crippen molar-refractivity contribution in [2.45, 2.75) is 58.0 Å². The second kappa shape index (κ2) is 6.36. The lowest BCUT2D eigenvalue weighted by Crippen LogP contribution is -2.62. The Labute approximate surface area is 112 Å². The van der Waals surface area contributed by atoms with E-state index in [4.69, 9.17) is 4.74 Å². The first-order chi connectivity index (χ1) is 8.62. The van der Waals surface area contributed by atoms with E-state index in [0.29, 0.717) is 0 Å². The first-order valence-electron chi connectivity index (χ1n) is 7.69. The summed E-state index contributed by atoms with van der Waals surface area (Å²) in [6, 6.07) is 0.757. The molecule has 2 rings (SSSR count). The summed E-state index contributed by atoms with van der Waals surface area (Å²) in [4.78, 5) is 2.67. The van der Waals surface area contributed by atoms with Gasteiger partial charge in [0, 0.05) is 37.8 Å². The van der Waals surface area contributed by atoms with Gasteiger partial charge in [0.05, 0.1) is 6.61 Å². The molecule has 1 aliphatic carbocycles. The highest BCUT2D eigenvalue weighted by Gasteiger charge is 2.40. The number of rotatable bonds is 7. The Balaban J connectivity index is 1.74. The van der Waals surface area contributed by atoms with Gasteiger partial charge in [-0.2, -0.15) is 0 Å². The minimum Gasteiger partial charge on any atom is -0.380 e. The molecular weight excluding hydrogens is 224 g/mol. The molecule has 1 heterocycles. The standard InChI is InChI=1S/C15H30N2O/c1-4-5-9-18-10-8-17-12-15(2,3)16-11-14(17)13-6-7-13/h13-14,16H,4-12H2,1-3H3. The van der Waals surface area contributed by atoms with E-state index >= 15 is 0 Å². The second-order valence-corrected chi connectivity index (χ2v) is 6.61. The second-order valence-electron chi connectivity index (χ2n) is 6.61. The molecule has 0 aromatic heterocycles. The van der Waals surface area contributed by atoms with Crippen molar-refractivity contribution in [2.75, 3.05) is 32.8 Å². The maximum absolute atomic E-state index is 5.73. The van der Waals surface area contributed by atoms with Crippen LogP contribution in [0, 0.1) is 5.92 Å². The molecule has 0 radical (unpaired) electrons. The van der Waals surface area contributed by atoms with Crippen LogP contribution in [0.2, 0.25) is 0 Å². The molecule has 2 aliphatic rings. The maximum atomic E-state index is 5.73. The third kappa shape index (κ3) is 4.22. The van der Waals surface area contributed by atoms with Gasteiger partial charge < -0.3 is 10.1 Å². The lowest BCUT2D eigenvalue weighted by Gasteiger charge is -2.45. The van der Waals surface area contributed by atoms with Gasteiger partial charge in [-0.05, 0) is 39.0 Å². The first-order valence-corrected chi connectivity index (χ1v) is 7.69. The Bertz CT molecular complexity index is 251. The van der Waals surface area contributed by atoms with Gasteiger partial charge in [-0.1, -0.05) is 13.3 Å². The zero-order chi connectivity index (χ0) is 13.0. The van der Waals surface area contributed by atoms with E-state index in [1.165, 1.54) is 25.7 Å². The Morgan fingerprint density at radius 3 is 2.72 bits per heavy atom. The molecule has 1 saturated carbocycles. The number of piperazine rings is 1. The molecule has 1 unspecified atom stereocenters. The molecule has 2 fully saturated rings. The fraction of sp³-hybridized carbons (Fsp3) is 1.00. The van der Waals surface area contributed by atoms with Crippen molar-refractivity contribution in [2.24, 2.45) is 5.92 Å². The van der Waals surface area contributed by atoms with Crippen LogP contribution >= 0.6 is 0 Å². The van der Waals surface area contributed by atoms with E-state index in [1.54, 1.807) is 0 Å². The predicted molar refractivity (Wildman–Crippen MR) is 75.9 cm³/mol. The molecule has 1 atom stereocenters. The summed E-state index contributed by atoms with van der Waals surface area (Å²) >= 11 is 0. The van der Waals surface area contributed by atoms with Gasteiger partial charge in [0.25, 0.3) is 0 Å². The van der Waals surface area contributed by atoms with Gasteiger partial charge in [-0.25, -0.2) is 0 Å². The lowest BCUT2D eigenvalue weighted by atomic mass is 9.96. The third-order valence-electron chi connectivity index (χ3n) is 4.19. The summed E-state index contributed by atoms with van der Waals surface area (Å²) in [7, 11) is 0. The zero-order valence-corrected chi connectivity index (χ0v) is 12.4. The van der Waals surface area contributed by atoms with Crippen LogP contribution in [-0.4, -0.2) is 49.3 Å². The molecule has 0 amide bonds. The number of nitrogens with one attached hydrogen (secondary N) is 1. The molecule has 1 N–H and O–H groups in total. The summed E-state index contributed by atoms with van der Waals surface area (Å²) in [5.41, 5.74) is 0.259. The van der Waals surface area contributed by atoms with Crippen molar-refractivity contribution in [1.82, 2.24) is 10.2 Å². The summed E-state index contributed by atoms with van der Waals surface area (Å²) in [5, 5.41) is 3.69. The average molecular weight is 254 g/mol. The van der Waals surface area contributed by atoms with E-state index in [-0.39, 0.29) is 5.54 Å². The number of nitrogens with zero attached hydrogens (tertiary/aromatic N) is 1. The molecule has 0 aromatic rings. The van der Waals surface area contributed by atoms with Gasteiger partial charge in [-0.3, -0.25) is 4.90 Å². The summed E-state index contributed by atoms with van der Waals surface area (Å²) < 4.78 is 5.73. The molecule has 1 saturated heterocycles. The van der Waals surface area contributed by atoms with Crippen molar-refractivity contribution >= 4 is 0 Å². The number of ether oxygens (including phenoxy) is 1. The van der Waals surface area contributed by atoms with Crippen molar-refractivity contribution in [3.63, 3.8) is 0 Å². The van der Waals surface area contributed by atoms with Crippen molar-refractivity contribution in [3.8, 4) is 0 Å². The largest absolute Gasteiger partial charge is 0.380 e. The molecule has 0 bridgehead atoms. The van der Waals surface area contributed by atoms with Crippen LogP contribution in [0.25, 0.3) is 0 Å². The highest BCUT2D eigenvalue weighted by Crippen LogP contribution is 2.37. The molecule has 0 aromatic carbocycles. The van der Waals surface area contributed by atoms with Crippen LogP contribution in [-0.2, 0) is 4.74 Å².